The second-order valence-electron chi connectivity index (χ2n) is 3.61. The van der Waals surface area contributed by atoms with E-state index in [4.69, 9.17) is 16.3 Å². The number of benzene rings is 2. The molecule has 0 radical (unpaired) electrons. The van der Waals surface area contributed by atoms with Gasteiger partial charge in [-0.25, -0.2) is 8.78 Å². The third kappa shape index (κ3) is 3.21. The molecule has 0 saturated carbocycles. The predicted octanol–water partition coefficient (Wildman–Crippen LogP) is 4.96. The number of halogens is 4. The monoisotopic (exact) mass is 332 g/mol. The van der Waals surface area contributed by atoms with Crippen LogP contribution in [-0.4, -0.2) is 0 Å². The quantitative estimate of drug-likeness (QED) is 0.771. The van der Waals surface area contributed by atoms with E-state index < -0.39 is 5.82 Å². The Morgan fingerprint density at radius 1 is 1.11 bits per heavy atom. The first-order valence-corrected chi connectivity index (χ1v) is 6.25. The summed E-state index contributed by atoms with van der Waals surface area (Å²) in [4.78, 5) is 0. The van der Waals surface area contributed by atoms with Gasteiger partial charge >= 0.3 is 0 Å². The molecule has 94 valence electrons. The second-order valence-corrected chi connectivity index (χ2v) is 4.87. The summed E-state index contributed by atoms with van der Waals surface area (Å²) < 4.78 is 32.0. The molecule has 0 fully saturated rings. The van der Waals surface area contributed by atoms with Crippen molar-refractivity contribution in [3.63, 3.8) is 0 Å². The Balaban J connectivity index is 2.11. The molecule has 0 heterocycles. The molecular weight excluding hydrogens is 325 g/mol. The molecule has 0 amide bonds. The van der Waals surface area contributed by atoms with E-state index in [2.05, 4.69) is 15.9 Å². The highest BCUT2D eigenvalue weighted by Crippen LogP contribution is 2.26. The van der Waals surface area contributed by atoms with Crippen LogP contribution in [0.2, 0.25) is 5.02 Å². The minimum absolute atomic E-state index is 0.0365. The highest BCUT2D eigenvalue weighted by Gasteiger charge is 2.05. The molecule has 0 aliphatic heterocycles. The summed E-state index contributed by atoms with van der Waals surface area (Å²) in [5.74, 6) is -0.479. The summed E-state index contributed by atoms with van der Waals surface area (Å²) in [6.07, 6.45) is 0. The summed E-state index contributed by atoms with van der Waals surface area (Å²) in [7, 11) is 0. The van der Waals surface area contributed by atoms with Crippen LogP contribution in [0.3, 0.4) is 0 Å². The summed E-state index contributed by atoms with van der Waals surface area (Å²) in [6, 6.07) is 8.46. The lowest BCUT2D eigenvalue weighted by atomic mass is 10.2. The van der Waals surface area contributed by atoms with E-state index in [-0.39, 0.29) is 17.4 Å². The van der Waals surface area contributed by atoms with Crippen molar-refractivity contribution in [1.82, 2.24) is 0 Å². The Hall–Kier alpha value is -1.13. The van der Waals surface area contributed by atoms with Gasteiger partial charge < -0.3 is 4.74 Å². The maximum absolute atomic E-state index is 13.0. The maximum Gasteiger partial charge on any atom is 0.141 e. The molecular formula is C13H8BrClF2O. The molecule has 0 unspecified atom stereocenters. The summed E-state index contributed by atoms with van der Waals surface area (Å²) >= 11 is 8.90. The Morgan fingerprint density at radius 3 is 2.61 bits per heavy atom. The molecule has 0 aromatic heterocycles. The predicted molar refractivity (Wildman–Crippen MR) is 69.8 cm³/mol. The van der Waals surface area contributed by atoms with Crippen LogP contribution < -0.4 is 4.74 Å². The van der Waals surface area contributed by atoms with E-state index in [1.54, 1.807) is 12.1 Å². The minimum Gasteiger partial charge on any atom is -0.488 e. The SMILES string of the molecule is Fc1ccc(Br)c(OCc2ccc(F)c(Cl)c2)c1. The lowest BCUT2D eigenvalue weighted by Gasteiger charge is -2.08. The molecule has 0 atom stereocenters. The van der Waals surface area contributed by atoms with Crippen LogP contribution in [0.4, 0.5) is 8.78 Å². The van der Waals surface area contributed by atoms with Crippen molar-refractivity contribution < 1.29 is 13.5 Å². The van der Waals surface area contributed by atoms with E-state index in [9.17, 15) is 8.78 Å². The third-order valence-corrected chi connectivity index (χ3v) is 3.22. The molecule has 0 saturated heterocycles. The average molecular weight is 334 g/mol. The van der Waals surface area contributed by atoms with E-state index in [0.717, 1.165) is 0 Å². The molecule has 0 N–H and O–H groups in total. The molecule has 2 aromatic carbocycles. The van der Waals surface area contributed by atoms with Gasteiger partial charge in [-0.05, 0) is 45.8 Å². The fourth-order valence-electron chi connectivity index (χ4n) is 1.38. The van der Waals surface area contributed by atoms with Crippen LogP contribution in [0, 0.1) is 11.6 Å². The van der Waals surface area contributed by atoms with Crippen molar-refractivity contribution in [3.8, 4) is 5.75 Å². The van der Waals surface area contributed by atoms with Gasteiger partial charge in [-0.3, -0.25) is 0 Å². The van der Waals surface area contributed by atoms with E-state index in [1.165, 1.54) is 24.3 Å². The van der Waals surface area contributed by atoms with E-state index in [1.807, 2.05) is 0 Å². The smallest absolute Gasteiger partial charge is 0.141 e. The van der Waals surface area contributed by atoms with Crippen LogP contribution in [0.25, 0.3) is 0 Å². The first kappa shape index (κ1) is 13.3. The van der Waals surface area contributed by atoms with Crippen LogP contribution in [0.1, 0.15) is 5.56 Å². The van der Waals surface area contributed by atoms with Crippen molar-refractivity contribution in [2.24, 2.45) is 0 Å². The molecule has 0 bridgehead atoms. The molecule has 0 spiro atoms. The van der Waals surface area contributed by atoms with E-state index in [0.29, 0.717) is 15.8 Å². The Labute approximate surface area is 116 Å². The fourth-order valence-corrected chi connectivity index (χ4v) is 1.94. The van der Waals surface area contributed by atoms with E-state index >= 15 is 0 Å². The van der Waals surface area contributed by atoms with Crippen LogP contribution >= 0.6 is 27.5 Å². The lowest BCUT2D eigenvalue weighted by molar-refractivity contribution is 0.302. The number of ether oxygens (including phenoxy) is 1. The molecule has 1 nitrogen and oxygen atoms in total. The van der Waals surface area contributed by atoms with Gasteiger partial charge in [0.05, 0.1) is 9.50 Å². The summed E-state index contributed by atoms with van der Waals surface area (Å²) in [6.45, 7) is 0.183. The zero-order chi connectivity index (χ0) is 13.1. The summed E-state index contributed by atoms with van der Waals surface area (Å²) in [5, 5.41) is 0.0365. The van der Waals surface area contributed by atoms with Gasteiger partial charge in [0.25, 0.3) is 0 Å². The minimum atomic E-state index is -0.479. The molecule has 2 rings (SSSR count). The molecule has 0 aliphatic carbocycles. The van der Waals surface area contributed by atoms with Crippen molar-refractivity contribution >= 4 is 27.5 Å². The average Bonchev–Trinajstić information content (AvgIpc) is 2.34. The lowest BCUT2D eigenvalue weighted by Crippen LogP contribution is -1.97. The van der Waals surface area contributed by atoms with Gasteiger partial charge in [-0.2, -0.15) is 0 Å². The van der Waals surface area contributed by atoms with Gasteiger partial charge in [0, 0.05) is 6.07 Å². The van der Waals surface area contributed by atoms with Gasteiger partial charge in [0.2, 0.25) is 0 Å². The van der Waals surface area contributed by atoms with Gasteiger partial charge in [-0.1, -0.05) is 17.7 Å². The zero-order valence-electron chi connectivity index (χ0n) is 9.09. The highest BCUT2D eigenvalue weighted by atomic mass is 79.9. The maximum atomic E-state index is 13.0. The highest BCUT2D eigenvalue weighted by molar-refractivity contribution is 9.10. The van der Waals surface area contributed by atoms with Crippen LogP contribution in [0.15, 0.2) is 40.9 Å². The Morgan fingerprint density at radius 2 is 1.89 bits per heavy atom. The molecule has 18 heavy (non-hydrogen) atoms. The van der Waals surface area contributed by atoms with Gasteiger partial charge in [0.1, 0.15) is 24.0 Å². The number of rotatable bonds is 3. The molecule has 5 heteroatoms. The van der Waals surface area contributed by atoms with Crippen molar-refractivity contribution in [2.45, 2.75) is 6.61 Å². The molecule has 0 aliphatic rings. The Bertz CT molecular complexity index is 575. The largest absolute Gasteiger partial charge is 0.488 e. The number of hydrogen-bond acceptors (Lipinski definition) is 1. The van der Waals surface area contributed by atoms with Gasteiger partial charge in [-0.15, -0.1) is 0 Å². The first-order valence-electron chi connectivity index (χ1n) is 5.08. The van der Waals surface area contributed by atoms with Crippen LogP contribution in [0.5, 0.6) is 5.75 Å². The van der Waals surface area contributed by atoms with Crippen molar-refractivity contribution in [1.29, 1.82) is 0 Å². The topological polar surface area (TPSA) is 9.23 Å². The fraction of sp³-hybridized carbons (Fsp3) is 0.0769. The summed E-state index contributed by atoms with van der Waals surface area (Å²) in [5.41, 5.74) is 0.706. The Kier molecular flexibility index (Phi) is 4.19. The first-order chi connectivity index (χ1) is 8.56. The normalized spacial score (nSPS) is 10.4. The molecule has 2 aromatic rings. The van der Waals surface area contributed by atoms with Crippen molar-refractivity contribution in [2.75, 3.05) is 0 Å². The van der Waals surface area contributed by atoms with Gasteiger partial charge in [0.15, 0.2) is 0 Å². The van der Waals surface area contributed by atoms with Crippen LogP contribution in [-0.2, 0) is 6.61 Å². The zero-order valence-corrected chi connectivity index (χ0v) is 11.4. The third-order valence-electron chi connectivity index (χ3n) is 2.27. The second kappa shape index (κ2) is 5.67. The van der Waals surface area contributed by atoms with Crippen molar-refractivity contribution in [3.05, 3.63) is 63.1 Å². The standard InChI is InChI=1S/C13H8BrClF2O/c14-10-3-2-9(16)6-13(10)18-7-8-1-4-12(17)11(15)5-8/h1-6H,7H2. The number of hydrogen-bond donors (Lipinski definition) is 0.